The Kier molecular flexibility index (Phi) is 4.50. The van der Waals surface area contributed by atoms with E-state index in [2.05, 4.69) is 15.3 Å². The van der Waals surface area contributed by atoms with Gasteiger partial charge in [-0.3, -0.25) is 0 Å². The van der Waals surface area contributed by atoms with Crippen LogP contribution in [-0.4, -0.2) is 16.5 Å². The van der Waals surface area contributed by atoms with Crippen molar-refractivity contribution in [3.8, 4) is 11.6 Å². The molecule has 4 nitrogen and oxygen atoms in total. The molecule has 0 saturated carbocycles. The third-order valence-corrected chi connectivity index (χ3v) is 2.84. The number of rotatable bonds is 5. The van der Waals surface area contributed by atoms with Crippen molar-refractivity contribution >= 4 is 5.82 Å². The Balaban J connectivity index is 2.34. The third-order valence-electron chi connectivity index (χ3n) is 2.84. The maximum absolute atomic E-state index is 12.9. The number of nitrogens with one attached hydrogen (secondary N) is 1. The Morgan fingerprint density at radius 1 is 1.15 bits per heavy atom. The molecule has 5 heteroatoms. The average molecular weight is 275 g/mol. The minimum Gasteiger partial charge on any atom is -0.439 e. The molecule has 2 aromatic rings. The van der Waals surface area contributed by atoms with Crippen molar-refractivity contribution in [1.82, 2.24) is 9.97 Å². The van der Waals surface area contributed by atoms with Crippen LogP contribution in [0.5, 0.6) is 11.6 Å². The number of ether oxygens (including phenoxy) is 1. The Bertz CT molecular complexity index is 584. The minimum atomic E-state index is -0.292. The summed E-state index contributed by atoms with van der Waals surface area (Å²) in [5.74, 6) is 2.25. The summed E-state index contributed by atoms with van der Waals surface area (Å²) in [7, 11) is 0. The highest BCUT2D eigenvalue weighted by Gasteiger charge is 2.11. The van der Waals surface area contributed by atoms with Crippen LogP contribution in [0.3, 0.4) is 0 Å². The molecular formula is C15H18FN3O. The van der Waals surface area contributed by atoms with Gasteiger partial charge in [0.1, 0.15) is 23.2 Å². The van der Waals surface area contributed by atoms with Crippen LogP contribution in [-0.2, 0) is 6.42 Å². The summed E-state index contributed by atoms with van der Waals surface area (Å²) in [4.78, 5) is 8.82. The van der Waals surface area contributed by atoms with Crippen LogP contribution in [0.15, 0.2) is 24.3 Å². The maximum Gasteiger partial charge on any atom is 0.227 e. The van der Waals surface area contributed by atoms with Crippen molar-refractivity contribution in [2.24, 2.45) is 0 Å². The molecule has 1 N–H and O–H groups in total. The Morgan fingerprint density at radius 3 is 2.45 bits per heavy atom. The number of anilines is 1. The quantitative estimate of drug-likeness (QED) is 0.903. The van der Waals surface area contributed by atoms with Gasteiger partial charge in [0.05, 0.1) is 5.56 Å². The van der Waals surface area contributed by atoms with Gasteiger partial charge in [-0.1, -0.05) is 6.92 Å². The molecule has 1 aromatic heterocycles. The summed E-state index contributed by atoms with van der Waals surface area (Å²) in [6.07, 6.45) is 0.721. The normalized spacial score (nSPS) is 10.4. The molecule has 0 spiro atoms. The fourth-order valence-electron chi connectivity index (χ4n) is 1.75. The molecule has 106 valence electrons. The highest BCUT2D eigenvalue weighted by molar-refractivity contribution is 5.49. The van der Waals surface area contributed by atoms with Gasteiger partial charge in [0.2, 0.25) is 5.88 Å². The molecule has 0 unspecified atom stereocenters. The zero-order valence-corrected chi connectivity index (χ0v) is 11.9. The largest absolute Gasteiger partial charge is 0.439 e. The van der Waals surface area contributed by atoms with E-state index in [1.54, 1.807) is 12.1 Å². The summed E-state index contributed by atoms with van der Waals surface area (Å²) in [6, 6.07) is 5.88. The molecule has 1 heterocycles. The molecule has 1 aromatic carbocycles. The molecule has 20 heavy (non-hydrogen) atoms. The van der Waals surface area contributed by atoms with Crippen LogP contribution >= 0.6 is 0 Å². The van der Waals surface area contributed by atoms with Crippen molar-refractivity contribution in [1.29, 1.82) is 0 Å². The van der Waals surface area contributed by atoms with E-state index in [0.717, 1.165) is 24.3 Å². The molecule has 0 radical (unpaired) electrons. The van der Waals surface area contributed by atoms with Crippen LogP contribution < -0.4 is 10.1 Å². The molecule has 2 rings (SSSR count). The lowest BCUT2D eigenvalue weighted by molar-refractivity contribution is 0.453. The first-order valence-electron chi connectivity index (χ1n) is 6.68. The van der Waals surface area contributed by atoms with Gasteiger partial charge in [-0.2, -0.15) is 4.98 Å². The SMILES string of the molecule is CCNc1nc(CC)nc(Oc2ccc(F)cc2)c1C. The van der Waals surface area contributed by atoms with Gasteiger partial charge in [0.25, 0.3) is 0 Å². The molecule has 0 aliphatic carbocycles. The highest BCUT2D eigenvalue weighted by Crippen LogP contribution is 2.27. The van der Waals surface area contributed by atoms with E-state index in [-0.39, 0.29) is 5.82 Å². The number of benzene rings is 1. The Labute approximate surface area is 118 Å². The summed E-state index contributed by atoms with van der Waals surface area (Å²) in [5.41, 5.74) is 0.841. The Hall–Kier alpha value is -2.17. The summed E-state index contributed by atoms with van der Waals surface area (Å²) in [5, 5.41) is 3.19. The van der Waals surface area contributed by atoms with E-state index < -0.39 is 0 Å². The van der Waals surface area contributed by atoms with Crippen molar-refractivity contribution in [2.45, 2.75) is 27.2 Å². The van der Waals surface area contributed by atoms with Crippen molar-refractivity contribution < 1.29 is 9.13 Å². The average Bonchev–Trinajstić information content (AvgIpc) is 2.45. The van der Waals surface area contributed by atoms with Crippen molar-refractivity contribution in [3.05, 3.63) is 41.5 Å². The third kappa shape index (κ3) is 3.23. The van der Waals surface area contributed by atoms with Gasteiger partial charge in [-0.05, 0) is 38.1 Å². The Morgan fingerprint density at radius 2 is 1.85 bits per heavy atom. The predicted molar refractivity (Wildman–Crippen MR) is 76.8 cm³/mol. The lowest BCUT2D eigenvalue weighted by Gasteiger charge is -2.13. The second kappa shape index (κ2) is 6.32. The smallest absolute Gasteiger partial charge is 0.227 e. The molecule has 0 aliphatic heterocycles. The molecule has 0 aliphatic rings. The van der Waals surface area contributed by atoms with Gasteiger partial charge in [0.15, 0.2) is 0 Å². The van der Waals surface area contributed by atoms with E-state index >= 15 is 0 Å². The number of aryl methyl sites for hydroxylation is 1. The zero-order chi connectivity index (χ0) is 14.5. The molecule has 0 saturated heterocycles. The fraction of sp³-hybridized carbons (Fsp3) is 0.333. The lowest BCUT2D eigenvalue weighted by Crippen LogP contribution is -2.07. The molecular weight excluding hydrogens is 257 g/mol. The summed E-state index contributed by atoms with van der Waals surface area (Å²) < 4.78 is 18.6. The van der Waals surface area contributed by atoms with Crippen molar-refractivity contribution in [3.63, 3.8) is 0 Å². The second-order valence-corrected chi connectivity index (χ2v) is 4.36. The molecule has 0 bridgehead atoms. The number of hydrogen-bond donors (Lipinski definition) is 1. The van der Waals surface area contributed by atoms with E-state index in [9.17, 15) is 4.39 Å². The minimum absolute atomic E-state index is 0.292. The maximum atomic E-state index is 12.9. The van der Waals surface area contributed by atoms with Gasteiger partial charge < -0.3 is 10.1 Å². The van der Waals surface area contributed by atoms with E-state index in [0.29, 0.717) is 17.5 Å². The van der Waals surface area contributed by atoms with Crippen LogP contribution in [0.25, 0.3) is 0 Å². The molecule has 0 atom stereocenters. The highest BCUT2D eigenvalue weighted by atomic mass is 19.1. The van der Waals surface area contributed by atoms with Gasteiger partial charge >= 0.3 is 0 Å². The molecule has 0 amide bonds. The number of halogens is 1. The van der Waals surface area contributed by atoms with Crippen LogP contribution in [0.2, 0.25) is 0 Å². The lowest BCUT2D eigenvalue weighted by atomic mass is 10.3. The standard InChI is InChI=1S/C15H18FN3O/c1-4-13-18-14(17-5-2)10(3)15(19-13)20-12-8-6-11(16)7-9-12/h6-9H,4-5H2,1-3H3,(H,17,18,19). The number of hydrogen-bond acceptors (Lipinski definition) is 4. The first-order chi connectivity index (χ1) is 9.63. The van der Waals surface area contributed by atoms with E-state index in [1.807, 2.05) is 20.8 Å². The van der Waals surface area contributed by atoms with Gasteiger partial charge in [-0.25, -0.2) is 9.37 Å². The topological polar surface area (TPSA) is 47.0 Å². The fourth-order valence-corrected chi connectivity index (χ4v) is 1.75. The van der Waals surface area contributed by atoms with Crippen LogP contribution in [0.1, 0.15) is 25.2 Å². The van der Waals surface area contributed by atoms with E-state index in [1.165, 1.54) is 12.1 Å². The zero-order valence-electron chi connectivity index (χ0n) is 11.9. The number of nitrogens with zero attached hydrogens (tertiary/aromatic N) is 2. The monoisotopic (exact) mass is 275 g/mol. The van der Waals surface area contributed by atoms with E-state index in [4.69, 9.17) is 4.74 Å². The first kappa shape index (κ1) is 14.2. The first-order valence-corrected chi connectivity index (χ1v) is 6.68. The van der Waals surface area contributed by atoms with Crippen molar-refractivity contribution in [2.75, 3.05) is 11.9 Å². The number of aromatic nitrogens is 2. The predicted octanol–water partition coefficient (Wildman–Crippen LogP) is 3.71. The van der Waals surface area contributed by atoms with Gasteiger partial charge in [-0.15, -0.1) is 0 Å². The summed E-state index contributed by atoms with van der Waals surface area (Å²) >= 11 is 0. The van der Waals surface area contributed by atoms with Crippen LogP contribution in [0, 0.1) is 12.7 Å². The second-order valence-electron chi connectivity index (χ2n) is 4.36. The summed E-state index contributed by atoms with van der Waals surface area (Å²) in [6.45, 7) is 6.67. The molecule has 0 fully saturated rings. The van der Waals surface area contributed by atoms with Crippen LogP contribution in [0.4, 0.5) is 10.2 Å². The van der Waals surface area contributed by atoms with Gasteiger partial charge in [0, 0.05) is 13.0 Å².